The van der Waals surface area contributed by atoms with Gasteiger partial charge in [-0.15, -0.1) is 0 Å². The highest BCUT2D eigenvalue weighted by molar-refractivity contribution is 9.10. The summed E-state index contributed by atoms with van der Waals surface area (Å²) in [5.74, 6) is 0. The average molecular weight is 329 g/mol. The van der Waals surface area contributed by atoms with Crippen molar-refractivity contribution in [3.8, 4) is 0 Å². The van der Waals surface area contributed by atoms with Crippen LogP contribution in [0, 0.1) is 6.92 Å². The van der Waals surface area contributed by atoms with Crippen LogP contribution in [0.15, 0.2) is 22.7 Å². The Morgan fingerprint density at radius 2 is 2.39 bits per heavy atom. The van der Waals surface area contributed by atoms with E-state index in [0.717, 1.165) is 36.2 Å². The molecule has 0 amide bonds. The van der Waals surface area contributed by atoms with Crippen molar-refractivity contribution >= 4 is 38.9 Å². The molecular formula is C13H17BrN2OS. The molecule has 18 heavy (non-hydrogen) atoms. The molecule has 1 saturated heterocycles. The molecule has 1 aliphatic heterocycles. The maximum atomic E-state index is 5.53. The lowest BCUT2D eigenvalue weighted by Gasteiger charge is -2.14. The van der Waals surface area contributed by atoms with E-state index in [1.54, 1.807) is 0 Å². The molecular weight excluding hydrogens is 312 g/mol. The van der Waals surface area contributed by atoms with Crippen molar-refractivity contribution in [3.05, 3.63) is 28.2 Å². The van der Waals surface area contributed by atoms with E-state index in [0.29, 0.717) is 11.2 Å². The number of halogens is 1. The lowest BCUT2D eigenvalue weighted by atomic mass is 10.2. The van der Waals surface area contributed by atoms with E-state index in [1.165, 1.54) is 5.56 Å². The van der Waals surface area contributed by atoms with Gasteiger partial charge in [0.1, 0.15) is 0 Å². The topological polar surface area (TPSA) is 33.3 Å². The van der Waals surface area contributed by atoms with Gasteiger partial charge in [-0.2, -0.15) is 0 Å². The van der Waals surface area contributed by atoms with Crippen molar-refractivity contribution in [1.82, 2.24) is 5.32 Å². The van der Waals surface area contributed by atoms with Crippen molar-refractivity contribution in [3.63, 3.8) is 0 Å². The minimum Gasteiger partial charge on any atom is -0.376 e. The van der Waals surface area contributed by atoms with E-state index in [2.05, 4.69) is 39.6 Å². The van der Waals surface area contributed by atoms with Gasteiger partial charge in [-0.05, 0) is 55.7 Å². The van der Waals surface area contributed by atoms with Gasteiger partial charge in [-0.1, -0.05) is 15.9 Å². The molecule has 5 heteroatoms. The minimum atomic E-state index is 0.302. The molecule has 0 spiro atoms. The first kappa shape index (κ1) is 13.8. The maximum absolute atomic E-state index is 5.53. The number of ether oxygens (including phenoxy) is 1. The molecule has 1 unspecified atom stereocenters. The number of anilines is 1. The van der Waals surface area contributed by atoms with Gasteiger partial charge < -0.3 is 15.4 Å². The Balaban J connectivity index is 1.80. The van der Waals surface area contributed by atoms with Gasteiger partial charge in [0.25, 0.3) is 0 Å². The van der Waals surface area contributed by atoms with Gasteiger partial charge in [0.15, 0.2) is 5.11 Å². The van der Waals surface area contributed by atoms with Crippen LogP contribution in [0.3, 0.4) is 0 Å². The molecule has 1 fully saturated rings. The van der Waals surface area contributed by atoms with Crippen LogP contribution in [0.4, 0.5) is 5.69 Å². The monoisotopic (exact) mass is 328 g/mol. The second-order valence-electron chi connectivity index (χ2n) is 4.43. The molecule has 0 bridgehead atoms. The summed E-state index contributed by atoms with van der Waals surface area (Å²) in [5, 5.41) is 7.01. The number of hydrogen-bond acceptors (Lipinski definition) is 2. The molecule has 1 heterocycles. The first-order valence-corrected chi connectivity index (χ1v) is 7.28. The van der Waals surface area contributed by atoms with Crippen LogP contribution in [0.1, 0.15) is 18.4 Å². The Bertz CT molecular complexity index is 433. The first-order chi connectivity index (χ1) is 8.65. The number of rotatable bonds is 3. The molecule has 0 radical (unpaired) electrons. The molecule has 1 aromatic carbocycles. The lowest BCUT2D eigenvalue weighted by molar-refractivity contribution is 0.114. The first-order valence-electron chi connectivity index (χ1n) is 6.08. The Kier molecular flexibility index (Phi) is 4.97. The molecule has 0 aliphatic carbocycles. The fourth-order valence-electron chi connectivity index (χ4n) is 1.91. The van der Waals surface area contributed by atoms with Gasteiger partial charge in [0, 0.05) is 23.3 Å². The SMILES string of the molecule is Cc1cc(NC(=S)NCC2CCCO2)ccc1Br. The number of hydrogen-bond donors (Lipinski definition) is 2. The van der Waals surface area contributed by atoms with Gasteiger partial charge in [0.05, 0.1) is 6.10 Å². The van der Waals surface area contributed by atoms with Crippen LogP contribution in [-0.2, 0) is 4.74 Å². The fourth-order valence-corrected chi connectivity index (χ4v) is 2.36. The van der Waals surface area contributed by atoms with E-state index >= 15 is 0 Å². The van der Waals surface area contributed by atoms with Crippen LogP contribution in [0.25, 0.3) is 0 Å². The predicted molar refractivity (Wildman–Crippen MR) is 82.1 cm³/mol. The third-order valence-electron chi connectivity index (χ3n) is 2.93. The summed E-state index contributed by atoms with van der Waals surface area (Å²) in [7, 11) is 0. The Hall–Kier alpha value is -0.650. The molecule has 2 rings (SSSR count). The third kappa shape index (κ3) is 3.93. The summed E-state index contributed by atoms with van der Waals surface area (Å²) in [6, 6.07) is 6.07. The van der Waals surface area contributed by atoms with Crippen molar-refractivity contribution in [2.75, 3.05) is 18.5 Å². The van der Waals surface area contributed by atoms with Crippen LogP contribution in [-0.4, -0.2) is 24.4 Å². The zero-order chi connectivity index (χ0) is 13.0. The highest BCUT2D eigenvalue weighted by Gasteiger charge is 2.15. The van der Waals surface area contributed by atoms with Gasteiger partial charge in [0.2, 0.25) is 0 Å². The number of nitrogens with one attached hydrogen (secondary N) is 2. The van der Waals surface area contributed by atoms with Crippen LogP contribution in [0.2, 0.25) is 0 Å². The van der Waals surface area contributed by atoms with Crippen molar-refractivity contribution < 1.29 is 4.74 Å². The van der Waals surface area contributed by atoms with Gasteiger partial charge in [-0.25, -0.2) is 0 Å². The van der Waals surface area contributed by atoms with Gasteiger partial charge >= 0.3 is 0 Å². The normalized spacial score (nSPS) is 18.7. The van der Waals surface area contributed by atoms with Gasteiger partial charge in [-0.3, -0.25) is 0 Å². The summed E-state index contributed by atoms with van der Waals surface area (Å²) in [6.07, 6.45) is 2.57. The summed E-state index contributed by atoms with van der Waals surface area (Å²) in [6.45, 7) is 3.71. The molecule has 1 aliphatic rings. The third-order valence-corrected chi connectivity index (χ3v) is 4.07. The van der Waals surface area contributed by atoms with E-state index in [9.17, 15) is 0 Å². The van der Waals surface area contributed by atoms with E-state index in [4.69, 9.17) is 17.0 Å². The number of benzene rings is 1. The van der Waals surface area contributed by atoms with Crippen molar-refractivity contribution in [1.29, 1.82) is 0 Å². The number of thiocarbonyl (C=S) groups is 1. The van der Waals surface area contributed by atoms with Crippen LogP contribution >= 0.6 is 28.1 Å². The Morgan fingerprint density at radius 3 is 3.06 bits per heavy atom. The molecule has 2 N–H and O–H groups in total. The summed E-state index contributed by atoms with van der Waals surface area (Å²) < 4.78 is 6.64. The second-order valence-corrected chi connectivity index (χ2v) is 5.70. The molecule has 3 nitrogen and oxygen atoms in total. The standard InChI is InChI=1S/C13H17BrN2OS/c1-9-7-10(4-5-12(9)14)16-13(18)15-8-11-3-2-6-17-11/h4-5,7,11H,2-3,6,8H2,1H3,(H2,15,16,18). The average Bonchev–Trinajstić information content (AvgIpc) is 2.84. The van der Waals surface area contributed by atoms with Crippen molar-refractivity contribution in [2.45, 2.75) is 25.9 Å². The van der Waals surface area contributed by atoms with E-state index < -0.39 is 0 Å². The van der Waals surface area contributed by atoms with E-state index in [-0.39, 0.29) is 0 Å². The molecule has 1 atom stereocenters. The Labute approximate surface area is 121 Å². The minimum absolute atomic E-state index is 0.302. The second kappa shape index (κ2) is 6.50. The molecule has 0 saturated carbocycles. The lowest BCUT2D eigenvalue weighted by Crippen LogP contribution is -2.34. The highest BCUT2D eigenvalue weighted by Crippen LogP contribution is 2.19. The fraction of sp³-hybridized carbons (Fsp3) is 0.462. The van der Waals surface area contributed by atoms with E-state index in [1.807, 2.05) is 12.1 Å². The zero-order valence-corrected chi connectivity index (χ0v) is 12.7. The summed E-state index contributed by atoms with van der Waals surface area (Å²) in [5.41, 5.74) is 2.18. The summed E-state index contributed by atoms with van der Waals surface area (Å²) >= 11 is 8.74. The molecule has 98 valence electrons. The predicted octanol–water partition coefficient (Wildman–Crippen LogP) is 3.22. The largest absolute Gasteiger partial charge is 0.376 e. The van der Waals surface area contributed by atoms with Crippen molar-refractivity contribution in [2.24, 2.45) is 0 Å². The van der Waals surface area contributed by atoms with Crippen LogP contribution < -0.4 is 10.6 Å². The smallest absolute Gasteiger partial charge is 0.170 e. The number of aryl methyl sites for hydroxylation is 1. The molecule has 0 aromatic heterocycles. The Morgan fingerprint density at radius 1 is 1.56 bits per heavy atom. The molecule has 1 aromatic rings. The maximum Gasteiger partial charge on any atom is 0.170 e. The highest BCUT2D eigenvalue weighted by atomic mass is 79.9. The zero-order valence-electron chi connectivity index (χ0n) is 10.3. The van der Waals surface area contributed by atoms with Crippen LogP contribution in [0.5, 0.6) is 0 Å². The summed E-state index contributed by atoms with van der Waals surface area (Å²) in [4.78, 5) is 0. The quantitative estimate of drug-likeness (QED) is 0.835.